The van der Waals surface area contributed by atoms with Crippen LogP contribution in [0.5, 0.6) is 5.75 Å². The van der Waals surface area contributed by atoms with Gasteiger partial charge in [-0.15, -0.1) is 0 Å². The summed E-state index contributed by atoms with van der Waals surface area (Å²) in [6.45, 7) is 6.62. The molecule has 2 N–H and O–H groups in total. The summed E-state index contributed by atoms with van der Waals surface area (Å²) in [5, 5.41) is 13.1. The topological polar surface area (TPSA) is 60.0 Å². The summed E-state index contributed by atoms with van der Waals surface area (Å²) in [5.74, 6) is 0.749. The third-order valence-corrected chi connectivity index (χ3v) is 3.07. The highest BCUT2D eigenvalue weighted by Crippen LogP contribution is 2.17. The second kappa shape index (κ2) is 10.6. The monoisotopic (exact) mass is 297 g/mol. The number of ether oxygens (including phenoxy) is 3. The molecule has 1 aromatic rings. The third kappa shape index (κ3) is 7.43. The summed E-state index contributed by atoms with van der Waals surface area (Å²) in [7, 11) is 1.61. The maximum atomic E-state index is 9.72. The van der Waals surface area contributed by atoms with Gasteiger partial charge in [-0.2, -0.15) is 0 Å². The second-order valence-corrected chi connectivity index (χ2v) is 4.88. The number of aliphatic hydroxyl groups excluding tert-OH is 1. The molecule has 0 aliphatic heterocycles. The van der Waals surface area contributed by atoms with Crippen LogP contribution in [0.4, 0.5) is 0 Å². The predicted octanol–water partition coefficient (Wildman–Crippen LogP) is 1.76. The molecule has 5 nitrogen and oxygen atoms in total. The first-order chi connectivity index (χ1) is 10.2. The molecule has 0 aliphatic rings. The van der Waals surface area contributed by atoms with Crippen LogP contribution >= 0.6 is 0 Å². The molecule has 0 saturated heterocycles. The molecule has 0 saturated carbocycles. The summed E-state index contributed by atoms with van der Waals surface area (Å²) in [5.41, 5.74) is 1.22. The van der Waals surface area contributed by atoms with Crippen molar-refractivity contribution in [1.29, 1.82) is 0 Å². The first kappa shape index (κ1) is 17.9. The van der Waals surface area contributed by atoms with Crippen molar-refractivity contribution in [3.05, 3.63) is 29.8 Å². The highest BCUT2D eigenvalue weighted by atomic mass is 16.5. The number of aliphatic hydroxyl groups is 1. The van der Waals surface area contributed by atoms with E-state index in [0.717, 1.165) is 12.3 Å². The van der Waals surface area contributed by atoms with Crippen LogP contribution in [0, 0.1) is 0 Å². The Labute approximate surface area is 127 Å². The largest absolute Gasteiger partial charge is 0.491 e. The molecule has 0 fully saturated rings. The van der Waals surface area contributed by atoms with Crippen molar-refractivity contribution in [2.24, 2.45) is 0 Å². The first-order valence-electron chi connectivity index (χ1n) is 7.38. The van der Waals surface area contributed by atoms with Gasteiger partial charge in [0.2, 0.25) is 0 Å². The zero-order chi connectivity index (χ0) is 15.5. The second-order valence-electron chi connectivity index (χ2n) is 4.88. The van der Waals surface area contributed by atoms with E-state index in [4.69, 9.17) is 14.2 Å². The van der Waals surface area contributed by atoms with Crippen LogP contribution in [0.1, 0.15) is 25.5 Å². The molecular formula is C16H27NO4. The highest BCUT2D eigenvalue weighted by molar-refractivity contribution is 5.28. The Morgan fingerprint density at radius 3 is 2.48 bits per heavy atom. The number of benzene rings is 1. The Bertz CT molecular complexity index is 369. The van der Waals surface area contributed by atoms with Crippen molar-refractivity contribution in [2.45, 2.75) is 26.0 Å². The maximum absolute atomic E-state index is 9.72. The van der Waals surface area contributed by atoms with Gasteiger partial charge in [0.1, 0.15) is 18.5 Å². The average molecular weight is 297 g/mol. The van der Waals surface area contributed by atoms with Crippen molar-refractivity contribution in [3.8, 4) is 5.75 Å². The molecule has 0 spiro atoms. The van der Waals surface area contributed by atoms with Crippen LogP contribution in [0.2, 0.25) is 0 Å². The molecule has 120 valence electrons. The predicted molar refractivity (Wildman–Crippen MR) is 82.7 cm³/mol. The zero-order valence-electron chi connectivity index (χ0n) is 13.2. The van der Waals surface area contributed by atoms with Gasteiger partial charge in [-0.25, -0.2) is 0 Å². The number of hydrogen-bond acceptors (Lipinski definition) is 5. The smallest absolute Gasteiger partial charge is 0.119 e. The lowest BCUT2D eigenvalue weighted by molar-refractivity contribution is -0.00419. The van der Waals surface area contributed by atoms with E-state index in [1.165, 1.54) is 5.56 Å². The van der Waals surface area contributed by atoms with Crippen molar-refractivity contribution < 1.29 is 19.3 Å². The van der Waals surface area contributed by atoms with Crippen LogP contribution < -0.4 is 10.1 Å². The van der Waals surface area contributed by atoms with Crippen molar-refractivity contribution >= 4 is 0 Å². The fourth-order valence-electron chi connectivity index (χ4n) is 1.88. The molecule has 0 aromatic heterocycles. The van der Waals surface area contributed by atoms with E-state index < -0.39 is 6.10 Å². The molecule has 0 heterocycles. The van der Waals surface area contributed by atoms with Gasteiger partial charge in [-0.3, -0.25) is 0 Å². The fraction of sp³-hybridized carbons (Fsp3) is 0.625. The summed E-state index contributed by atoms with van der Waals surface area (Å²) in [6, 6.07) is 8.22. The Morgan fingerprint density at radius 1 is 1.14 bits per heavy atom. The lowest BCUT2D eigenvalue weighted by Crippen LogP contribution is -2.24. The van der Waals surface area contributed by atoms with E-state index >= 15 is 0 Å². The standard InChI is InChI=1S/C16H27NO4/c1-4-17-13(2)14-5-7-16(8-6-14)21-12-15(18)11-20-10-9-19-3/h5-8,13,15,17-18H,4,9-12H2,1-3H3. The molecule has 1 rings (SSSR count). The average Bonchev–Trinajstić information content (AvgIpc) is 2.50. The molecule has 21 heavy (non-hydrogen) atoms. The van der Waals surface area contributed by atoms with E-state index in [0.29, 0.717) is 19.3 Å². The Morgan fingerprint density at radius 2 is 1.86 bits per heavy atom. The summed E-state index contributed by atoms with van der Waals surface area (Å²) < 4.78 is 15.6. The molecule has 0 amide bonds. The lowest BCUT2D eigenvalue weighted by Gasteiger charge is -2.15. The molecule has 2 unspecified atom stereocenters. The normalized spacial score (nSPS) is 13.9. The minimum atomic E-state index is -0.637. The van der Waals surface area contributed by atoms with Crippen LogP contribution in [0.25, 0.3) is 0 Å². The molecule has 1 aromatic carbocycles. The van der Waals surface area contributed by atoms with E-state index in [2.05, 4.69) is 19.2 Å². The summed E-state index contributed by atoms with van der Waals surface area (Å²) in [6.07, 6.45) is -0.637. The van der Waals surface area contributed by atoms with E-state index in [1.807, 2.05) is 24.3 Å². The Hall–Kier alpha value is -1.14. The van der Waals surface area contributed by atoms with Crippen LogP contribution in [-0.4, -0.2) is 51.3 Å². The first-order valence-corrected chi connectivity index (χ1v) is 7.38. The Kier molecular flexibility index (Phi) is 9.01. The van der Waals surface area contributed by atoms with Gasteiger partial charge < -0.3 is 24.6 Å². The summed E-state index contributed by atoms with van der Waals surface area (Å²) in [4.78, 5) is 0. The minimum Gasteiger partial charge on any atom is -0.491 e. The van der Waals surface area contributed by atoms with Gasteiger partial charge in [0, 0.05) is 13.2 Å². The van der Waals surface area contributed by atoms with Gasteiger partial charge in [0.15, 0.2) is 0 Å². The number of hydrogen-bond donors (Lipinski definition) is 2. The van der Waals surface area contributed by atoms with Crippen molar-refractivity contribution in [3.63, 3.8) is 0 Å². The number of rotatable bonds is 11. The SMILES string of the molecule is CCNC(C)c1ccc(OCC(O)COCCOC)cc1. The van der Waals surface area contributed by atoms with Crippen LogP contribution in [0.3, 0.4) is 0 Å². The minimum absolute atomic E-state index is 0.217. The highest BCUT2D eigenvalue weighted by Gasteiger charge is 2.07. The van der Waals surface area contributed by atoms with Crippen LogP contribution in [-0.2, 0) is 9.47 Å². The van der Waals surface area contributed by atoms with Gasteiger partial charge >= 0.3 is 0 Å². The molecule has 0 bridgehead atoms. The van der Waals surface area contributed by atoms with Crippen LogP contribution in [0.15, 0.2) is 24.3 Å². The molecule has 2 atom stereocenters. The van der Waals surface area contributed by atoms with Crippen molar-refractivity contribution in [1.82, 2.24) is 5.32 Å². The molecular weight excluding hydrogens is 270 g/mol. The Balaban J connectivity index is 2.28. The maximum Gasteiger partial charge on any atom is 0.119 e. The number of methoxy groups -OCH3 is 1. The fourth-order valence-corrected chi connectivity index (χ4v) is 1.88. The van der Waals surface area contributed by atoms with E-state index in [9.17, 15) is 5.11 Å². The quantitative estimate of drug-likeness (QED) is 0.610. The van der Waals surface area contributed by atoms with Gasteiger partial charge in [-0.1, -0.05) is 19.1 Å². The molecule has 0 radical (unpaired) electrons. The van der Waals surface area contributed by atoms with Gasteiger partial charge in [0.05, 0.1) is 19.8 Å². The molecule has 0 aliphatic carbocycles. The van der Waals surface area contributed by atoms with E-state index in [-0.39, 0.29) is 13.2 Å². The third-order valence-electron chi connectivity index (χ3n) is 3.07. The lowest BCUT2D eigenvalue weighted by atomic mass is 10.1. The zero-order valence-corrected chi connectivity index (χ0v) is 13.2. The summed E-state index contributed by atoms with van der Waals surface area (Å²) >= 11 is 0. The molecule has 5 heteroatoms. The van der Waals surface area contributed by atoms with Crippen molar-refractivity contribution in [2.75, 3.05) is 40.1 Å². The van der Waals surface area contributed by atoms with Gasteiger partial charge in [0.25, 0.3) is 0 Å². The van der Waals surface area contributed by atoms with E-state index in [1.54, 1.807) is 7.11 Å². The van der Waals surface area contributed by atoms with Gasteiger partial charge in [-0.05, 0) is 31.2 Å². The number of nitrogens with one attached hydrogen (secondary N) is 1.